The van der Waals surface area contributed by atoms with E-state index in [9.17, 15) is 39.6 Å². The number of carbonyl (C=O) groups excluding carboxylic acids is 4. The van der Waals surface area contributed by atoms with Gasteiger partial charge in [-0.3, -0.25) is 29.0 Å². The first kappa shape index (κ1) is 138. The van der Waals surface area contributed by atoms with Gasteiger partial charge in [0.05, 0.1) is 22.4 Å². The van der Waals surface area contributed by atoms with Crippen molar-refractivity contribution in [3.05, 3.63) is 0 Å². The molecule has 814 valence electrons. The third-order valence-electron chi connectivity index (χ3n) is 28.8. The molecule has 0 aromatic rings. The lowest BCUT2D eigenvalue weighted by Gasteiger charge is -2.51. The van der Waals surface area contributed by atoms with Crippen molar-refractivity contribution in [2.45, 2.75) is 460 Å². The molecule has 4 N–H and O–H groups in total. The molecule has 8 saturated heterocycles. The van der Waals surface area contributed by atoms with Crippen molar-refractivity contribution in [3.63, 3.8) is 0 Å². The summed E-state index contributed by atoms with van der Waals surface area (Å²) in [4.78, 5) is 73.8. The van der Waals surface area contributed by atoms with Crippen LogP contribution in [-0.2, 0) is 19.2 Å². The van der Waals surface area contributed by atoms with E-state index in [1.807, 2.05) is 117 Å². The molecule has 20 heteroatoms. The maximum absolute atomic E-state index is 12.0. The highest BCUT2D eigenvalue weighted by molar-refractivity contribution is 5.83. The molecule has 1 aliphatic carbocycles. The molecule has 0 aromatic carbocycles. The Morgan fingerprint density at radius 1 is 0.382 bits per heavy atom. The van der Waals surface area contributed by atoms with E-state index in [4.69, 9.17) is 0 Å². The molecule has 9 aliphatic rings. The first-order valence-electron chi connectivity index (χ1n) is 54.2. The fraction of sp³-hybridized carbons (Fsp3) is 0.966. The number of rotatable bonds is 16. The molecule has 9 rings (SSSR count). The zero-order chi connectivity index (χ0) is 106. The van der Waals surface area contributed by atoms with Crippen LogP contribution in [0.5, 0.6) is 0 Å². The number of likely N-dealkylation sites (tertiary alicyclic amines) is 8. The second kappa shape index (κ2) is 58.7. The van der Waals surface area contributed by atoms with Crippen LogP contribution in [0.3, 0.4) is 0 Å². The summed E-state index contributed by atoms with van der Waals surface area (Å²) in [5.41, 5.74) is -0.510. The van der Waals surface area contributed by atoms with Crippen LogP contribution in [0.1, 0.15) is 414 Å². The predicted octanol–water partition coefficient (Wildman–Crippen LogP) is 22.9. The van der Waals surface area contributed by atoms with Gasteiger partial charge in [0.2, 0.25) is 23.6 Å². The van der Waals surface area contributed by atoms with Crippen LogP contribution in [0.25, 0.3) is 0 Å². The Balaban J connectivity index is -0.00000144. The van der Waals surface area contributed by atoms with Crippen molar-refractivity contribution in [1.29, 1.82) is 0 Å². The molecule has 8 aliphatic heterocycles. The Hall–Kier alpha value is -2.60. The average molecular weight is 1930 g/mol. The average Bonchev–Trinajstić information content (AvgIpc) is 1.40. The fourth-order valence-electron chi connectivity index (χ4n) is 19.1. The molecule has 8 heterocycles. The van der Waals surface area contributed by atoms with Gasteiger partial charge < -0.3 is 69.4 Å². The first-order valence-corrected chi connectivity index (χ1v) is 54.2. The molecule has 20 nitrogen and oxygen atoms in total. The molecule has 1 atom stereocenters. The van der Waals surface area contributed by atoms with Gasteiger partial charge in [0.25, 0.3) is 0 Å². The molecule has 0 spiro atoms. The Bertz CT molecular complexity index is 3190. The van der Waals surface area contributed by atoms with Gasteiger partial charge in [0.15, 0.2) is 0 Å². The second-order valence-electron chi connectivity index (χ2n) is 57.0. The zero-order valence-corrected chi connectivity index (χ0v) is 99.8. The van der Waals surface area contributed by atoms with Crippen molar-refractivity contribution in [2.24, 2.45) is 83.2 Å². The van der Waals surface area contributed by atoms with Crippen LogP contribution in [-0.4, -0.2) is 337 Å². The number of piperidine rings is 4. The van der Waals surface area contributed by atoms with Crippen LogP contribution in [0.15, 0.2) is 0 Å². The highest BCUT2D eigenvalue weighted by Crippen LogP contribution is 2.43. The summed E-state index contributed by atoms with van der Waals surface area (Å²) in [6.07, 6.45) is 21.2. The molecular weight excluding hydrogens is 1690 g/mol. The van der Waals surface area contributed by atoms with Crippen molar-refractivity contribution in [1.82, 2.24) is 58.8 Å². The van der Waals surface area contributed by atoms with Gasteiger partial charge in [-0.1, -0.05) is 290 Å². The quantitative estimate of drug-likeness (QED) is 0.114. The van der Waals surface area contributed by atoms with Gasteiger partial charge in [-0.25, -0.2) is 0 Å². The second-order valence-corrected chi connectivity index (χ2v) is 57.0. The minimum atomic E-state index is -0.460. The van der Waals surface area contributed by atoms with E-state index in [0.717, 1.165) is 194 Å². The highest BCUT2D eigenvalue weighted by atomic mass is 16.3. The highest BCUT2D eigenvalue weighted by Gasteiger charge is 2.47. The van der Waals surface area contributed by atoms with Crippen LogP contribution in [0.2, 0.25) is 0 Å². The van der Waals surface area contributed by atoms with Crippen LogP contribution < -0.4 is 0 Å². The molecule has 136 heavy (non-hydrogen) atoms. The molecule has 9 fully saturated rings. The SMILES string of the molecule is C.CC(C)(C)CCC1CC1.CC(C)CCN(C)C(=O)C(C)(C)C.CC(C)N1CC(O)(CC(C)(C)C)C1.CC(C)N1CCC(O)(C(C)(C)C)CC1.CCCC(C)(C)C.CCN1CC(O)(CC(C)(C)C)C1.CCN1CCC(O)(C(C)(C)C)CC1.CN(C)C1CCN(C(=O)C(C)(C)C)C1.CN(C)C1CCN(C(=O)C(C)(C)C)CC1.CN1CC(CN(C)C(=O)C(C)(C)C)C1.CN1CCC(C(C)(C)C)CC1. The van der Waals surface area contributed by atoms with Gasteiger partial charge in [0, 0.05) is 171 Å². The van der Waals surface area contributed by atoms with Crippen LogP contribution in [0.4, 0.5) is 0 Å². The molecule has 1 unspecified atom stereocenters. The minimum Gasteiger partial charge on any atom is -0.389 e. The molecule has 0 bridgehead atoms. The summed E-state index contributed by atoms with van der Waals surface area (Å²) in [7, 11) is 16.5. The number of hydrogen-bond acceptors (Lipinski definition) is 16. The number of likely N-dealkylation sites (N-methyl/N-ethyl adjacent to an activating group) is 2. The number of β-amino-alcohol motifs (C(OH)–C–C–N with tert-alkyl or cyclic N) is 2. The smallest absolute Gasteiger partial charge is 0.228 e. The monoisotopic (exact) mass is 1930 g/mol. The predicted molar refractivity (Wildman–Crippen MR) is 591 cm³/mol. The Labute approximate surface area is 848 Å². The summed E-state index contributed by atoms with van der Waals surface area (Å²) in [5, 5.41) is 41.0. The third kappa shape index (κ3) is 57.9. The van der Waals surface area contributed by atoms with Gasteiger partial charge in [-0.2, -0.15) is 0 Å². The minimum absolute atomic E-state index is 0. The lowest BCUT2D eigenvalue weighted by Crippen LogP contribution is -2.64. The van der Waals surface area contributed by atoms with Crippen LogP contribution >= 0.6 is 0 Å². The summed E-state index contributed by atoms with van der Waals surface area (Å²) in [6.45, 7) is 110. The van der Waals surface area contributed by atoms with Crippen LogP contribution in [0, 0.1) is 83.2 Å². The molecule has 4 amide bonds. The van der Waals surface area contributed by atoms with E-state index in [0.29, 0.717) is 58.2 Å². The Morgan fingerprint density at radius 2 is 0.743 bits per heavy atom. The number of nitrogens with zero attached hydrogens (tertiary/aromatic N) is 12. The zero-order valence-electron chi connectivity index (χ0n) is 99.8. The summed E-state index contributed by atoms with van der Waals surface area (Å²) in [6, 6.07) is 2.37. The van der Waals surface area contributed by atoms with Gasteiger partial charge in [-0.05, 0) is 248 Å². The molecular formula is C116H242N12O8. The Kier molecular flexibility index (Phi) is 59.3. The number of amides is 4. The van der Waals surface area contributed by atoms with E-state index in [1.54, 1.807) is 0 Å². The van der Waals surface area contributed by atoms with Crippen molar-refractivity contribution in [3.8, 4) is 0 Å². The van der Waals surface area contributed by atoms with E-state index in [2.05, 4.69) is 289 Å². The molecule has 0 aromatic heterocycles. The Morgan fingerprint density at radius 3 is 1.04 bits per heavy atom. The largest absolute Gasteiger partial charge is 0.389 e. The number of hydrogen-bond donors (Lipinski definition) is 4. The fourth-order valence-corrected chi connectivity index (χ4v) is 19.1. The number of aliphatic hydroxyl groups is 4. The van der Waals surface area contributed by atoms with E-state index in [-0.39, 0.29) is 68.5 Å². The van der Waals surface area contributed by atoms with E-state index >= 15 is 0 Å². The number of carbonyl (C=O) groups is 4. The van der Waals surface area contributed by atoms with E-state index < -0.39 is 22.4 Å². The maximum Gasteiger partial charge on any atom is 0.228 e. The van der Waals surface area contributed by atoms with Gasteiger partial charge in [-0.15, -0.1) is 0 Å². The summed E-state index contributed by atoms with van der Waals surface area (Å²) in [5.74, 6) is 4.44. The molecule has 1 saturated carbocycles. The van der Waals surface area contributed by atoms with E-state index in [1.165, 1.54) is 64.5 Å². The van der Waals surface area contributed by atoms with Gasteiger partial charge in [0.1, 0.15) is 0 Å². The first-order chi connectivity index (χ1) is 60.5. The summed E-state index contributed by atoms with van der Waals surface area (Å²) < 4.78 is 0. The topological polar surface area (TPSA) is 188 Å². The standard InChI is InChI=1S/C12H24N2O.C12H25NO.2C11H22N2O.3C11H23NO.C10H21NO.C10H21N.C9H18.C7H16.CH4/c1-12(2,3)11(15)14-8-6-10(7-9-14)13(4)5;1-10(2)13-8-6-12(14,7-9-13)11(3,4)5;1-11(2,3)10(14)13(5)8-9-6-12(4)7-9;1-11(2,3)10(14)13-7-6-9(8-13)12(4)5;1-9(2)12-7-11(13,8-12)6-10(3,4)5;1-5-12-8-6-11(13,7-9-12)10(2,3)4;1-9(2)7-8-12(6)10(13)11(3,4)5;1-5-11-7-10(12,8-11)6-9(2,3)4;1-10(2,3)9-5-7-11(4)8-6-9;1-9(2,3)7-6-8-4-5-8;1-5-6-7(2,3)4;/h10H,6-9H2,1-5H3;10,14H,6-9H2,1-5H3;2*9H,6-8H2,1-5H3;9,13H,6-8H2,1-5H3;13H,5-9H2,1-4H3;9H,7-8H2,1-6H3;12H,5-8H2,1-4H3;9H,5-8H2,1-4H3;8H,4-7H2,1-3H3;5-6H2,1-4H3;1H4. The molecule has 0 radical (unpaired) electrons. The van der Waals surface area contributed by atoms with Crippen molar-refractivity contribution in [2.75, 3.05) is 187 Å². The normalized spacial score (nSPS) is 20.8. The lowest BCUT2D eigenvalue weighted by molar-refractivity contribution is -0.141. The third-order valence-corrected chi connectivity index (χ3v) is 28.8. The lowest BCUT2D eigenvalue weighted by atomic mass is 9.71. The summed E-state index contributed by atoms with van der Waals surface area (Å²) >= 11 is 0. The van der Waals surface area contributed by atoms with Crippen molar-refractivity contribution < 1.29 is 39.6 Å². The van der Waals surface area contributed by atoms with Gasteiger partial charge >= 0.3 is 0 Å². The maximum atomic E-state index is 12.0. The van der Waals surface area contributed by atoms with Crippen molar-refractivity contribution >= 4 is 23.6 Å².